The van der Waals surface area contributed by atoms with Crippen LogP contribution in [-0.2, 0) is 10.0 Å². The maximum atomic E-state index is 13.9. The zero-order chi connectivity index (χ0) is 15.3. The highest BCUT2D eigenvalue weighted by Crippen LogP contribution is 2.19. The van der Waals surface area contributed by atoms with E-state index in [1.165, 1.54) is 36.7 Å². The molecule has 0 aliphatic carbocycles. The maximum absolute atomic E-state index is 13.9. The maximum Gasteiger partial charge on any atom is 0.264 e. The smallest absolute Gasteiger partial charge is 0.264 e. The number of nitrogens with zero attached hydrogens (tertiary/aromatic N) is 1. The second kappa shape index (κ2) is 6.35. The number of sulfonamides is 1. The van der Waals surface area contributed by atoms with Gasteiger partial charge in [-0.1, -0.05) is 11.8 Å². The number of benzene rings is 1. The molecule has 1 heterocycles. The minimum Gasteiger partial charge on any atom is -0.320 e. The van der Waals surface area contributed by atoms with Crippen molar-refractivity contribution in [1.82, 2.24) is 4.98 Å². The molecular formula is C14H12FN3O2S. The van der Waals surface area contributed by atoms with Gasteiger partial charge in [-0.15, -0.1) is 0 Å². The summed E-state index contributed by atoms with van der Waals surface area (Å²) in [7, 11) is -4.01. The highest BCUT2D eigenvalue weighted by molar-refractivity contribution is 7.92. The predicted octanol–water partition coefficient (Wildman–Crippen LogP) is 1.33. The van der Waals surface area contributed by atoms with Crippen molar-refractivity contribution in [3.63, 3.8) is 0 Å². The predicted molar refractivity (Wildman–Crippen MR) is 77.4 cm³/mol. The van der Waals surface area contributed by atoms with E-state index in [0.29, 0.717) is 11.3 Å². The third-order valence-corrected chi connectivity index (χ3v) is 3.90. The normalized spacial score (nSPS) is 10.6. The van der Waals surface area contributed by atoms with Crippen LogP contribution in [0.3, 0.4) is 0 Å². The first-order chi connectivity index (χ1) is 10.0. The summed E-state index contributed by atoms with van der Waals surface area (Å²) in [6, 6.07) is 6.59. The monoisotopic (exact) mass is 305 g/mol. The largest absolute Gasteiger partial charge is 0.320 e. The molecule has 0 fully saturated rings. The molecule has 0 bridgehead atoms. The van der Waals surface area contributed by atoms with Crippen molar-refractivity contribution in [2.75, 3.05) is 11.3 Å². The van der Waals surface area contributed by atoms with E-state index in [2.05, 4.69) is 21.5 Å². The molecule has 21 heavy (non-hydrogen) atoms. The van der Waals surface area contributed by atoms with E-state index in [4.69, 9.17) is 5.73 Å². The zero-order valence-electron chi connectivity index (χ0n) is 10.9. The minimum absolute atomic E-state index is 0.144. The SMILES string of the molecule is NCC#Cc1ccc(S(=O)(=O)Nc2ccncc2)c(F)c1. The van der Waals surface area contributed by atoms with Gasteiger partial charge in [-0.05, 0) is 30.3 Å². The molecule has 0 spiro atoms. The summed E-state index contributed by atoms with van der Waals surface area (Å²) in [5.74, 6) is 4.33. The molecule has 1 aromatic heterocycles. The first-order valence-electron chi connectivity index (χ1n) is 5.94. The van der Waals surface area contributed by atoms with Crippen molar-refractivity contribution < 1.29 is 12.8 Å². The molecule has 0 unspecified atom stereocenters. The van der Waals surface area contributed by atoms with Crippen LogP contribution in [0.4, 0.5) is 10.1 Å². The summed E-state index contributed by atoms with van der Waals surface area (Å²) in [5, 5.41) is 0. The average molecular weight is 305 g/mol. The molecule has 2 aromatic rings. The van der Waals surface area contributed by atoms with Crippen LogP contribution in [0, 0.1) is 17.7 Å². The molecule has 2 rings (SSSR count). The van der Waals surface area contributed by atoms with Gasteiger partial charge in [0.25, 0.3) is 10.0 Å². The molecule has 0 amide bonds. The van der Waals surface area contributed by atoms with Crippen molar-refractivity contribution in [3.05, 3.63) is 54.1 Å². The van der Waals surface area contributed by atoms with Crippen LogP contribution in [0.25, 0.3) is 0 Å². The van der Waals surface area contributed by atoms with Crippen molar-refractivity contribution >= 4 is 15.7 Å². The Bertz CT molecular complexity index is 796. The number of halogens is 1. The van der Waals surface area contributed by atoms with Crippen LogP contribution >= 0.6 is 0 Å². The Balaban J connectivity index is 2.32. The second-order valence-electron chi connectivity index (χ2n) is 3.99. The van der Waals surface area contributed by atoms with E-state index in [0.717, 1.165) is 6.07 Å². The van der Waals surface area contributed by atoms with Crippen LogP contribution in [0.1, 0.15) is 5.56 Å². The average Bonchev–Trinajstić information content (AvgIpc) is 2.45. The van der Waals surface area contributed by atoms with Gasteiger partial charge >= 0.3 is 0 Å². The summed E-state index contributed by atoms with van der Waals surface area (Å²) in [4.78, 5) is 3.32. The number of rotatable bonds is 3. The van der Waals surface area contributed by atoms with E-state index >= 15 is 0 Å². The van der Waals surface area contributed by atoms with Crippen molar-refractivity contribution in [2.24, 2.45) is 5.73 Å². The number of hydrogen-bond donors (Lipinski definition) is 2. The Hall–Kier alpha value is -2.43. The van der Waals surface area contributed by atoms with Gasteiger partial charge in [-0.2, -0.15) is 0 Å². The molecule has 7 heteroatoms. The summed E-state index contributed by atoms with van der Waals surface area (Å²) in [5.41, 5.74) is 5.89. The molecule has 5 nitrogen and oxygen atoms in total. The lowest BCUT2D eigenvalue weighted by Gasteiger charge is -2.08. The number of hydrogen-bond acceptors (Lipinski definition) is 4. The first-order valence-corrected chi connectivity index (χ1v) is 7.42. The van der Waals surface area contributed by atoms with Gasteiger partial charge in [-0.25, -0.2) is 12.8 Å². The van der Waals surface area contributed by atoms with Crippen molar-refractivity contribution in [3.8, 4) is 11.8 Å². The standard InChI is InChI=1S/C14H12FN3O2S/c15-13-10-11(2-1-7-16)3-4-14(13)21(19,20)18-12-5-8-17-9-6-12/h3-6,8-10H,7,16H2,(H,17,18). The summed E-state index contributed by atoms with van der Waals surface area (Å²) in [6.45, 7) is 0.144. The quantitative estimate of drug-likeness (QED) is 0.838. The van der Waals surface area contributed by atoms with Gasteiger partial charge in [0, 0.05) is 18.0 Å². The fourth-order valence-electron chi connectivity index (χ4n) is 1.58. The van der Waals surface area contributed by atoms with E-state index in [1.54, 1.807) is 0 Å². The molecule has 0 saturated heterocycles. The lowest BCUT2D eigenvalue weighted by Crippen LogP contribution is -2.14. The van der Waals surface area contributed by atoms with Gasteiger partial charge in [0.15, 0.2) is 0 Å². The second-order valence-corrected chi connectivity index (χ2v) is 5.64. The van der Waals surface area contributed by atoms with E-state index < -0.39 is 20.7 Å². The Morgan fingerprint density at radius 1 is 1.24 bits per heavy atom. The Morgan fingerprint density at radius 2 is 1.95 bits per heavy atom. The van der Waals surface area contributed by atoms with Crippen molar-refractivity contribution in [2.45, 2.75) is 4.90 Å². The molecule has 0 aliphatic rings. The molecule has 0 saturated carbocycles. The van der Waals surface area contributed by atoms with Crippen LogP contribution in [0.5, 0.6) is 0 Å². The molecule has 0 atom stereocenters. The molecular weight excluding hydrogens is 293 g/mol. The molecule has 0 radical (unpaired) electrons. The molecule has 1 aromatic carbocycles. The fourth-order valence-corrected chi connectivity index (χ4v) is 2.70. The lowest BCUT2D eigenvalue weighted by atomic mass is 10.2. The van der Waals surface area contributed by atoms with Gasteiger partial charge in [0.2, 0.25) is 0 Å². The third kappa shape index (κ3) is 3.78. The Labute approximate surface area is 122 Å². The highest BCUT2D eigenvalue weighted by Gasteiger charge is 2.19. The Kier molecular flexibility index (Phi) is 4.52. The van der Waals surface area contributed by atoms with E-state index in [9.17, 15) is 12.8 Å². The van der Waals surface area contributed by atoms with E-state index in [1.807, 2.05) is 0 Å². The fraction of sp³-hybridized carbons (Fsp3) is 0.0714. The van der Waals surface area contributed by atoms with Crippen LogP contribution in [0.15, 0.2) is 47.6 Å². The summed E-state index contributed by atoms with van der Waals surface area (Å²) < 4.78 is 40.5. The highest BCUT2D eigenvalue weighted by atomic mass is 32.2. The lowest BCUT2D eigenvalue weighted by molar-refractivity contribution is 0.570. The summed E-state index contributed by atoms with van der Waals surface area (Å²) >= 11 is 0. The number of aromatic nitrogens is 1. The number of pyridine rings is 1. The molecule has 3 N–H and O–H groups in total. The number of nitrogens with two attached hydrogens (primary N) is 1. The van der Waals surface area contributed by atoms with Gasteiger partial charge < -0.3 is 5.73 Å². The molecule has 0 aliphatic heterocycles. The van der Waals surface area contributed by atoms with Gasteiger partial charge in [0.05, 0.1) is 12.2 Å². The number of nitrogens with one attached hydrogen (secondary N) is 1. The van der Waals surface area contributed by atoms with Crippen LogP contribution in [-0.4, -0.2) is 19.9 Å². The first kappa shape index (κ1) is 15.0. The van der Waals surface area contributed by atoms with Crippen molar-refractivity contribution in [1.29, 1.82) is 0 Å². The van der Waals surface area contributed by atoms with Gasteiger partial charge in [-0.3, -0.25) is 9.71 Å². The zero-order valence-corrected chi connectivity index (χ0v) is 11.7. The van der Waals surface area contributed by atoms with Gasteiger partial charge in [0.1, 0.15) is 10.7 Å². The molecule has 108 valence electrons. The Morgan fingerprint density at radius 3 is 2.57 bits per heavy atom. The topological polar surface area (TPSA) is 85.1 Å². The van der Waals surface area contributed by atoms with E-state index in [-0.39, 0.29) is 6.54 Å². The summed E-state index contributed by atoms with van der Waals surface area (Å²) in [6.07, 6.45) is 2.86. The minimum atomic E-state index is -4.01. The third-order valence-electron chi connectivity index (χ3n) is 2.49. The van der Waals surface area contributed by atoms with Crippen LogP contribution < -0.4 is 10.5 Å². The number of anilines is 1. The van der Waals surface area contributed by atoms with Crippen LogP contribution in [0.2, 0.25) is 0 Å².